The largest absolute Gasteiger partial charge is 0.492 e. The highest BCUT2D eigenvalue weighted by Crippen LogP contribution is 2.34. The smallest absolute Gasteiger partial charge is 0.416 e. The van der Waals surface area contributed by atoms with Crippen molar-refractivity contribution in [1.29, 1.82) is 5.41 Å². The molecule has 206 valence electrons. The number of benzene rings is 2. The number of aryl methyl sites for hydroxylation is 1. The molecule has 10 heteroatoms. The van der Waals surface area contributed by atoms with Crippen LogP contribution in [0.1, 0.15) is 34.2 Å². The zero-order valence-electron chi connectivity index (χ0n) is 21.8. The van der Waals surface area contributed by atoms with Crippen LogP contribution in [-0.4, -0.2) is 39.1 Å². The monoisotopic (exact) mass is 594 g/mol. The first-order valence-corrected chi connectivity index (χ1v) is 14.7. The summed E-state index contributed by atoms with van der Waals surface area (Å²) in [5.74, 6) is 1.17. The molecule has 4 aromatic rings. The van der Waals surface area contributed by atoms with Crippen molar-refractivity contribution in [2.24, 2.45) is 0 Å². The maximum atomic E-state index is 13.5. The van der Waals surface area contributed by atoms with Crippen LogP contribution in [0, 0.1) is 12.3 Å². The molecule has 1 aliphatic carbocycles. The predicted molar refractivity (Wildman–Crippen MR) is 158 cm³/mol. The van der Waals surface area contributed by atoms with Crippen LogP contribution in [-0.2, 0) is 13.0 Å². The number of aromatic nitrogens is 2. The lowest BCUT2D eigenvalue weighted by Gasteiger charge is -2.35. The number of aromatic amines is 1. The highest BCUT2D eigenvalue weighted by atomic mass is 35.5. The Bertz CT molecular complexity index is 1720. The Kier molecular flexibility index (Phi) is 7.49. The van der Waals surface area contributed by atoms with Gasteiger partial charge in [0, 0.05) is 38.9 Å². The molecule has 6 rings (SSSR count). The zero-order valence-corrected chi connectivity index (χ0v) is 24.2. The van der Waals surface area contributed by atoms with E-state index in [9.17, 15) is 4.79 Å². The molecule has 2 N–H and O–H groups in total. The van der Waals surface area contributed by atoms with Crippen LogP contribution >= 0.6 is 34.5 Å². The average Bonchev–Trinajstić information content (AvgIpc) is 3.47. The number of nitrogens with zero attached hydrogens (tertiary/aromatic N) is 2. The van der Waals surface area contributed by atoms with Gasteiger partial charge in [-0.3, -0.25) is 10.3 Å². The van der Waals surface area contributed by atoms with Crippen LogP contribution in [0.25, 0.3) is 12.2 Å². The number of fused-ring (bicyclic) bond motifs is 3. The fraction of sp³-hybridized carbons (Fsp3) is 0.267. The molecule has 0 saturated carbocycles. The Labute approximate surface area is 245 Å². The minimum absolute atomic E-state index is 0.0440. The third kappa shape index (κ3) is 5.44. The van der Waals surface area contributed by atoms with Gasteiger partial charge in [-0.05, 0) is 67.3 Å². The van der Waals surface area contributed by atoms with Crippen molar-refractivity contribution in [3.05, 3.63) is 96.8 Å². The van der Waals surface area contributed by atoms with Crippen molar-refractivity contribution < 1.29 is 14.3 Å². The summed E-state index contributed by atoms with van der Waals surface area (Å²) in [6, 6.07) is 14.2. The second-order valence-corrected chi connectivity index (χ2v) is 12.1. The van der Waals surface area contributed by atoms with Crippen LogP contribution in [0.5, 0.6) is 11.5 Å². The number of amides is 1. The minimum Gasteiger partial charge on any atom is -0.492 e. The van der Waals surface area contributed by atoms with E-state index in [1.165, 1.54) is 16.9 Å². The summed E-state index contributed by atoms with van der Waals surface area (Å²) in [7, 11) is 0. The Morgan fingerprint density at radius 3 is 2.62 bits per heavy atom. The van der Waals surface area contributed by atoms with Gasteiger partial charge < -0.3 is 19.0 Å². The Balaban J connectivity index is 1.28. The SMILES string of the molecule is Cc1cn(CCOc2ccc([C@H]3c4[nH]c5c(c4CCN3C(=O)Oc3ccc(Cl)cc3)=CC(Cl)CC=5)cc2)c(=N)s1. The molecule has 0 fully saturated rings. The maximum absolute atomic E-state index is 13.5. The maximum Gasteiger partial charge on any atom is 0.416 e. The van der Waals surface area contributed by atoms with Gasteiger partial charge >= 0.3 is 6.09 Å². The number of carbonyl (C=O) groups excluding carboxylic acids is 1. The summed E-state index contributed by atoms with van der Waals surface area (Å²) < 4.78 is 13.6. The normalized spacial score (nSPS) is 17.8. The number of H-pyrrole nitrogens is 1. The first-order valence-electron chi connectivity index (χ1n) is 13.1. The predicted octanol–water partition coefficient (Wildman–Crippen LogP) is 5.12. The molecule has 1 unspecified atom stereocenters. The molecule has 1 aliphatic heterocycles. The quantitative estimate of drug-likeness (QED) is 0.304. The lowest BCUT2D eigenvalue weighted by Crippen LogP contribution is -2.43. The number of hydrogen-bond donors (Lipinski definition) is 2. The van der Waals surface area contributed by atoms with E-state index in [2.05, 4.69) is 17.1 Å². The summed E-state index contributed by atoms with van der Waals surface area (Å²) in [4.78, 5) is 20.5. The summed E-state index contributed by atoms with van der Waals surface area (Å²) >= 11 is 13.9. The van der Waals surface area contributed by atoms with Crippen molar-refractivity contribution in [3.8, 4) is 11.5 Å². The van der Waals surface area contributed by atoms with E-state index in [1.807, 2.05) is 42.0 Å². The van der Waals surface area contributed by atoms with E-state index in [1.54, 1.807) is 29.2 Å². The van der Waals surface area contributed by atoms with Gasteiger partial charge in [0.15, 0.2) is 4.80 Å². The van der Waals surface area contributed by atoms with Gasteiger partial charge in [0.05, 0.1) is 11.9 Å². The molecule has 2 atom stereocenters. The summed E-state index contributed by atoms with van der Waals surface area (Å²) in [5.41, 5.74) is 3.11. The fourth-order valence-electron chi connectivity index (χ4n) is 5.34. The number of nitrogens with one attached hydrogen (secondary N) is 2. The molecule has 0 radical (unpaired) electrons. The number of ether oxygens (including phenoxy) is 2. The van der Waals surface area contributed by atoms with Crippen molar-refractivity contribution >= 4 is 52.8 Å². The van der Waals surface area contributed by atoms with Gasteiger partial charge in [0.1, 0.15) is 24.1 Å². The van der Waals surface area contributed by atoms with E-state index in [4.69, 9.17) is 38.1 Å². The highest BCUT2D eigenvalue weighted by Gasteiger charge is 2.35. The number of thiazole rings is 1. The van der Waals surface area contributed by atoms with Gasteiger partial charge in [-0.2, -0.15) is 0 Å². The molecular formula is C30H28Cl2N4O3S. The summed E-state index contributed by atoms with van der Waals surface area (Å²) in [5, 5.41) is 10.7. The number of alkyl halides is 1. The lowest BCUT2D eigenvalue weighted by molar-refractivity contribution is 0.135. The Morgan fingerprint density at radius 1 is 1.15 bits per heavy atom. The standard InChI is InChI=1S/C30H28Cl2N4O3S/c1-18-17-35(29(33)40-18)14-15-38-22-7-2-19(3-8-22)28-27-24(25-16-21(32)6-11-26(25)34-27)12-13-36(28)30(37)39-23-9-4-20(31)5-10-23/h2-5,7-11,16-17,21,28,33-34H,6,12-15H2,1H3/t21?,28-/m0/s1. The second-order valence-electron chi connectivity index (χ2n) is 9.89. The fourth-order valence-corrected chi connectivity index (χ4v) is 6.43. The van der Waals surface area contributed by atoms with Crippen LogP contribution in [0.4, 0.5) is 4.79 Å². The van der Waals surface area contributed by atoms with Crippen LogP contribution in [0.3, 0.4) is 0 Å². The molecule has 0 bridgehead atoms. The van der Waals surface area contributed by atoms with Crippen LogP contribution in [0.2, 0.25) is 5.02 Å². The molecule has 1 amide bonds. The molecular weight excluding hydrogens is 567 g/mol. The molecule has 0 saturated heterocycles. The molecule has 7 nitrogen and oxygen atoms in total. The van der Waals surface area contributed by atoms with Crippen molar-refractivity contribution in [2.75, 3.05) is 13.2 Å². The molecule has 40 heavy (non-hydrogen) atoms. The van der Waals surface area contributed by atoms with E-state index in [0.29, 0.717) is 41.7 Å². The number of rotatable bonds is 6. The third-order valence-electron chi connectivity index (χ3n) is 7.20. The average molecular weight is 596 g/mol. The minimum atomic E-state index is -0.427. The molecule has 2 aliphatic rings. The van der Waals surface area contributed by atoms with E-state index in [-0.39, 0.29) is 11.4 Å². The van der Waals surface area contributed by atoms with Crippen LogP contribution < -0.4 is 24.8 Å². The van der Waals surface area contributed by atoms with Gasteiger partial charge in [0.2, 0.25) is 0 Å². The van der Waals surface area contributed by atoms with E-state index in [0.717, 1.165) is 38.9 Å². The van der Waals surface area contributed by atoms with Gasteiger partial charge in [0.25, 0.3) is 0 Å². The van der Waals surface area contributed by atoms with Gasteiger partial charge in [-0.25, -0.2) is 4.79 Å². The van der Waals surface area contributed by atoms with Gasteiger partial charge in [-0.15, -0.1) is 22.9 Å². The van der Waals surface area contributed by atoms with Gasteiger partial charge in [-0.1, -0.05) is 35.9 Å². The topological polar surface area (TPSA) is 83.3 Å². The first kappa shape index (κ1) is 26.7. The van der Waals surface area contributed by atoms with Crippen LogP contribution in [0.15, 0.2) is 54.7 Å². The third-order valence-corrected chi connectivity index (χ3v) is 8.61. The number of halogens is 2. The Morgan fingerprint density at radius 2 is 1.90 bits per heavy atom. The van der Waals surface area contributed by atoms with E-state index < -0.39 is 6.09 Å². The van der Waals surface area contributed by atoms with Crippen molar-refractivity contribution in [3.63, 3.8) is 0 Å². The second kappa shape index (κ2) is 11.2. The molecule has 2 aromatic carbocycles. The van der Waals surface area contributed by atoms with E-state index >= 15 is 0 Å². The molecule has 3 heterocycles. The first-order chi connectivity index (χ1) is 19.4. The highest BCUT2D eigenvalue weighted by molar-refractivity contribution is 7.09. The zero-order chi connectivity index (χ0) is 27.8. The van der Waals surface area contributed by atoms with Crippen molar-refractivity contribution in [1.82, 2.24) is 14.5 Å². The number of hydrogen-bond acceptors (Lipinski definition) is 5. The molecule has 2 aromatic heterocycles. The summed E-state index contributed by atoms with van der Waals surface area (Å²) in [6.07, 6.45) is 7.23. The molecule has 0 spiro atoms. The summed E-state index contributed by atoms with van der Waals surface area (Å²) in [6.45, 7) is 3.55. The van der Waals surface area contributed by atoms with Crippen molar-refractivity contribution in [2.45, 2.75) is 37.7 Å². The number of carbonyl (C=O) groups is 1. The Hall–Kier alpha value is -3.46. The lowest BCUT2D eigenvalue weighted by atomic mass is 9.92.